The highest BCUT2D eigenvalue weighted by atomic mass is 16.7. The molecule has 0 amide bonds. The highest BCUT2D eigenvalue weighted by Gasteiger charge is 2.43. The summed E-state index contributed by atoms with van der Waals surface area (Å²) in [6.45, 7) is 2.05. The van der Waals surface area contributed by atoms with Gasteiger partial charge in [-0.2, -0.15) is 0 Å². The molecule has 106 valence electrons. The average molecular weight is 268 g/mol. The molecule has 0 spiro atoms. The van der Waals surface area contributed by atoms with E-state index in [-0.39, 0.29) is 0 Å². The van der Waals surface area contributed by atoms with Crippen LogP contribution in [0.4, 0.5) is 0 Å². The van der Waals surface area contributed by atoms with Crippen LogP contribution in [0.25, 0.3) is 0 Å². The molecule has 5 nitrogen and oxygen atoms in total. The molecule has 5 heteroatoms. The zero-order valence-electron chi connectivity index (χ0n) is 11.1. The molecule has 1 heterocycles. The maximum Gasteiger partial charge on any atom is 0.186 e. The predicted molar refractivity (Wildman–Crippen MR) is 68.4 cm³/mol. The molecule has 0 aliphatic carbocycles. The largest absolute Gasteiger partial charge is 0.388 e. The summed E-state index contributed by atoms with van der Waals surface area (Å²) in [5.74, 6) is 0. The molecular weight excluding hydrogens is 248 g/mol. The quantitative estimate of drug-likeness (QED) is 0.840. The molecule has 2 N–H and O–H groups in total. The van der Waals surface area contributed by atoms with Crippen molar-refractivity contribution < 1.29 is 24.4 Å². The molecule has 2 rings (SSSR count). The Morgan fingerprint density at radius 2 is 1.84 bits per heavy atom. The summed E-state index contributed by atoms with van der Waals surface area (Å²) in [4.78, 5) is 0. The van der Waals surface area contributed by atoms with Crippen LogP contribution >= 0.6 is 0 Å². The first-order valence-electron chi connectivity index (χ1n) is 6.33. The fraction of sp³-hybridized carbons (Fsp3) is 0.571. The van der Waals surface area contributed by atoms with Crippen LogP contribution in [0.5, 0.6) is 0 Å². The van der Waals surface area contributed by atoms with Crippen molar-refractivity contribution in [3.05, 3.63) is 35.9 Å². The normalized spacial score (nSPS) is 35.3. The number of hydrogen-bond acceptors (Lipinski definition) is 5. The van der Waals surface area contributed by atoms with Crippen LogP contribution in [0, 0.1) is 0 Å². The van der Waals surface area contributed by atoms with Gasteiger partial charge in [0.25, 0.3) is 0 Å². The van der Waals surface area contributed by atoms with Crippen LogP contribution in [0.2, 0.25) is 0 Å². The van der Waals surface area contributed by atoms with E-state index in [0.717, 1.165) is 5.56 Å². The van der Waals surface area contributed by atoms with E-state index in [1.54, 1.807) is 6.92 Å². The lowest BCUT2D eigenvalue weighted by Crippen LogP contribution is -2.58. The van der Waals surface area contributed by atoms with E-state index in [0.29, 0.717) is 6.61 Å². The third-order valence-corrected chi connectivity index (χ3v) is 3.30. The molecule has 1 aromatic rings. The topological polar surface area (TPSA) is 68.2 Å². The van der Waals surface area contributed by atoms with Crippen molar-refractivity contribution >= 4 is 0 Å². The fourth-order valence-corrected chi connectivity index (χ4v) is 2.16. The van der Waals surface area contributed by atoms with Gasteiger partial charge in [-0.1, -0.05) is 30.3 Å². The van der Waals surface area contributed by atoms with E-state index in [1.165, 1.54) is 7.11 Å². The van der Waals surface area contributed by atoms with Crippen LogP contribution in [-0.4, -0.2) is 48.0 Å². The van der Waals surface area contributed by atoms with Gasteiger partial charge in [-0.25, -0.2) is 0 Å². The molecular formula is C14H20O5. The third-order valence-electron chi connectivity index (χ3n) is 3.30. The first-order chi connectivity index (χ1) is 9.13. The minimum Gasteiger partial charge on any atom is -0.388 e. The molecule has 1 saturated heterocycles. The highest BCUT2D eigenvalue weighted by Crippen LogP contribution is 2.24. The number of rotatable bonds is 4. The lowest BCUT2D eigenvalue weighted by Gasteiger charge is -2.40. The van der Waals surface area contributed by atoms with Gasteiger partial charge < -0.3 is 24.4 Å². The molecule has 1 fully saturated rings. The van der Waals surface area contributed by atoms with Gasteiger partial charge in [0, 0.05) is 7.11 Å². The van der Waals surface area contributed by atoms with Crippen LogP contribution in [0.3, 0.4) is 0 Å². The van der Waals surface area contributed by atoms with E-state index in [1.807, 2.05) is 30.3 Å². The summed E-state index contributed by atoms with van der Waals surface area (Å²) in [6, 6.07) is 9.60. The molecule has 5 atom stereocenters. The smallest absolute Gasteiger partial charge is 0.186 e. The van der Waals surface area contributed by atoms with Gasteiger partial charge in [0.05, 0.1) is 12.7 Å². The van der Waals surface area contributed by atoms with E-state index in [9.17, 15) is 10.2 Å². The maximum absolute atomic E-state index is 10.1. The van der Waals surface area contributed by atoms with Crippen LogP contribution in [0.1, 0.15) is 12.5 Å². The molecule has 0 saturated carbocycles. The van der Waals surface area contributed by atoms with Crippen LogP contribution in [-0.2, 0) is 20.8 Å². The molecule has 0 radical (unpaired) electrons. The average Bonchev–Trinajstić information content (AvgIpc) is 2.44. The summed E-state index contributed by atoms with van der Waals surface area (Å²) in [5, 5.41) is 20.1. The number of benzene rings is 1. The number of ether oxygens (including phenoxy) is 3. The van der Waals surface area contributed by atoms with Crippen LogP contribution in [0.15, 0.2) is 30.3 Å². The van der Waals surface area contributed by atoms with Gasteiger partial charge in [0.15, 0.2) is 6.29 Å². The van der Waals surface area contributed by atoms with Gasteiger partial charge in [-0.15, -0.1) is 0 Å². The second kappa shape index (κ2) is 6.45. The second-order valence-electron chi connectivity index (χ2n) is 4.69. The summed E-state index contributed by atoms with van der Waals surface area (Å²) in [5.41, 5.74) is 0.981. The first kappa shape index (κ1) is 14.4. The van der Waals surface area contributed by atoms with Crippen molar-refractivity contribution in [2.75, 3.05) is 7.11 Å². The molecule has 19 heavy (non-hydrogen) atoms. The number of aliphatic hydroxyl groups is 2. The molecule has 0 aromatic heterocycles. The standard InChI is InChI=1S/C14H20O5/c1-9-11(15)13(12(16)14(17-2)19-9)18-8-10-6-4-3-5-7-10/h3-7,9,11-16H,8H2,1-2H3. The number of methoxy groups -OCH3 is 1. The Morgan fingerprint density at radius 1 is 1.16 bits per heavy atom. The minimum absolute atomic E-state index is 0.322. The first-order valence-corrected chi connectivity index (χ1v) is 6.33. The number of aliphatic hydroxyl groups excluding tert-OH is 2. The van der Waals surface area contributed by atoms with Crippen molar-refractivity contribution in [1.29, 1.82) is 0 Å². The Labute approximate surface area is 112 Å². The SMILES string of the molecule is COC1OC(C)C(O)C(OCc2ccccc2)C1O. The molecule has 1 aliphatic heterocycles. The lowest BCUT2D eigenvalue weighted by atomic mass is 9.99. The van der Waals surface area contributed by atoms with Crippen molar-refractivity contribution in [1.82, 2.24) is 0 Å². The van der Waals surface area contributed by atoms with Crippen molar-refractivity contribution in [3.8, 4) is 0 Å². The minimum atomic E-state index is -1.01. The molecule has 5 unspecified atom stereocenters. The van der Waals surface area contributed by atoms with E-state index >= 15 is 0 Å². The van der Waals surface area contributed by atoms with E-state index < -0.39 is 30.7 Å². The predicted octanol–water partition coefficient (Wildman–Crippen LogP) is 0.685. The van der Waals surface area contributed by atoms with Crippen molar-refractivity contribution in [2.24, 2.45) is 0 Å². The zero-order valence-corrected chi connectivity index (χ0v) is 11.1. The van der Waals surface area contributed by atoms with E-state index in [4.69, 9.17) is 14.2 Å². The van der Waals surface area contributed by atoms with Crippen molar-refractivity contribution in [2.45, 2.75) is 44.2 Å². The second-order valence-corrected chi connectivity index (χ2v) is 4.69. The van der Waals surface area contributed by atoms with Gasteiger partial charge in [0.1, 0.15) is 18.3 Å². The van der Waals surface area contributed by atoms with Crippen LogP contribution < -0.4 is 0 Å². The molecule has 1 aliphatic rings. The monoisotopic (exact) mass is 268 g/mol. The Hall–Kier alpha value is -0.980. The highest BCUT2D eigenvalue weighted by molar-refractivity contribution is 5.13. The lowest BCUT2D eigenvalue weighted by molar-refractivity contribution is -0.295. The Morgan fingerprint density at radius 3 is 2.47 bits per heavy atom. The molecule has 1 aromatic carbocycles. The van der Waals surface area contributed by atoms with Gasteiger partial charge in [-0.3, -0.25) is 0 Å². The zero-order chi connectivity index (χ0) is 13.8. The van der Waals surface area contributed by atoms with Gasteiger partial charge in [0.2, 0.25) is 0 Å². The van der Waals surface area contributed by atoms with Gasteiger partial charge >= 0.3 is 0 Å². The summed E-state index contributed by atoms with van der Waals surface area (Å²) < 4.78 is 16.0. The van der Waals surface area contributed by atoms with E-state index in [2.05, 4.69) is 0 Å². The summed E-state index contributed by atoms with van der Waals surface area (Å²) in [6.07, 6.45) is -3.85. The van der Waals surface area contributed by atoms with Gasteiger partial charge in [-0.05, 0) is 12.5 Å². The van der Waals surface area contributed by atoms with Crippen molar-refractivity contribution in [3.63, 3.8) is 0 Å². The fourth-order valence-electron chi connectivity index (χ4n) is 2.16. The number of hydrogen-bond donors (Lipinski definition) is 2. The Bertz CT molecular complexity index is 383. The molecule has 0 bridgehead atoms. The Kier molecular flexibility index (Phi) is 4.90. The maximum atomic E-state index is 10.1. The summed E-state index contributed by atoms with van der Waals surface area (Å²) >= 11 is 0. The Balaban J connectivity index is 2.00. The third kappa shape index (κ3) is 3.32. The summed E-state index contributed by atoms with van der Waals surface area (Å²) in [7, 11) is 1.45.